The van der Waals surface area contributed by atoms with Gasteiger partial charge in [0.25, 0.3) is 0 Å². The maximum Gasteiger partial charge on any atom is 0.175 e. The molecule has 0 saturated heterocycles. The van der Waals surface area contributed by atoms with Gasteiger partial charge in [0.15, 0.2) is 9.84 Å². The maximum atomic E-state index is 11.3. The SMILES string of the molecule is CS(=O)(=O)c1ccc(NCCCn2cccn2)cc1. The molecule has 19 heavy (non-hydrogen) atoms. The molecule has 102 valence electrons. The molecule has 0 aliphatic rings. The monoisotopic (exact) mass is 279 g/mol. The maximum absolute atomic E-state index is 11.3. The fraction of sp³-hybridized carbons (Fsp3) is 0.308. The molecule has 0 spiro atoms. The predicted octanol–water partition coefficient (Wildman–Crippen LogP) is 1.79. The van der Waals surface area contributed by atoms with Gasteiger partial charge in [-0.3, -0.25) is 4.68 Å². The number of nitrogens with one attached hydrogen (secondary N) is 1. The Kier molecular flexibility index (Phi) is 4.21. The van der Waals surface area contributed by atoms with Crippen LogP contribution in [0.15, 0.2) is 47.6 Å². The minimum absolute atomic E-state index is 0.342. The molecule has 0 radical (unpaired) electrons. The lowest BCUT2D eigenvalue weighted by molar-refractivity contribution is 0.592. The van der Waals surface area contributed by atoms with E-state index in [1.54, 1.807) is 30.5 Å². The molecule has 1 heterocycles. The van der Waals surface area contributed by atoms with E-state index in [0.717, 1.165) is 25.2 Å². The molecule has 5 nitrogen and oxygen atoms in total. The molecule has 0 fully saturated rings. The zero-order chi connectivity index (χ0) is 13.7. The number of aromatic nitrogens is 2. The second kappa shape index (κ2) is 5.88. The average Bonchev–Trinajstić information content (AvgIpc) is 2.87. The lowest BCUT2D eigenvalue weighted by Gasteiger charge is -2.07. The van der Waals surface area contributed by atoms with Crippen LogP contribution in [0.1, 0.15) is 6.42 Å². The Morgan fingerprint density at radius 1 is 1.26 bits per heavy atom. The summed E-state index contributed by atoms with van der Waals surface area (Å²) in [6.45, 7) is 1.68. The molecule has 0 atom stereocenters. The zero-order valence-electron chi connectivity index (χ0n) is 10.8. The number of benzene rings is 1. The van der Waals surface area contributed by atoms with E-state index in [1.165, 1.54) is 6.26 Å². The third kappa shape index (κ3) is 4.10. The molecule has 0 amide bonds. The van der Waals surface area contributed by atoms with Crippen molar-refractivity contribution in [2.75, 3.05) is 18.1 Å². The van der Waals surface area contributed by atoms with Crippen molar-refractivity contribution >= 4 is 15.5 Å². The molecular weight excluding hydrogens is 262 g/mol. The van der Waals surface area contributed by atoms with E-state index >= 15 is 0 Å². The van der Waals surface area contributed by atoms with Gasteiger partial charge < -0.3 is 5.32 Å². The second-order valence-corrected chi connectivity index (χ2v) is 6.36. The van der Waals surface area contributed by atoms with Gasteiger partial charge in [0.05, 0.1) is 4.90 Å². The van der Waals surface area contributed by atoms with E-state index in [1.807, 2.05) is 16.9 Å². The summed E-state index contributed by atoms with van der Waals surface area (Å²) < 4.78 is 24.5. The van der Waals surface area contributed by atoms with Gasteiger partial charge in [0.2, 0.25) is 0 Å². The van der Waals surface area contributed by atoms with Gasteiger partial charge in [-0.15, -0.1) is 0 Å². The quantitative estimate of drug-likeness (QED) is 0.819. The molecule has 2 rings (SSSR count). The molecule has 2 aromatic rings. The van der Waals surface area contributed by atoms with Crippen LogP contribution in [0.25, 0.3) is 0 Å². The Morgan fingerprint density at radius 2 is 2.00 bits per heavy atom. The molecule has 6 heteroatoms. The van der Waals surface area contributed by atoms with E-state index in [4.69, 9.17) is 0 Å². The summed E-state index contributed by atoms with van der Waals surface area (Å²) in [5.74, 6) is 0. The number of anilines is 1. The second-order valence-electron chi connectivity index (χ2n) is 4.35. The summed E-state index contributed by atoms with van der Waals surface area (Å²) in [4.78, 5) is 0.342. The standard InChI is InChI=1S/C13H17N3O2S/c1-19(17,18)13-6-4-12(5-7-13)14-8-2-10-16-11-3-9-15-16/h3-7,9,11,14H,2,8,10H2,1H3. The van der Waals surface area contributed by atoms with E-state index in [9.17, 15) is 8.42 Å². The smallest absolute Gasteiger partial charge is 0.175 e. The van der Waals surface area contributed by atoms with Crippen molar-refractivity contribution in [3.8, 4) is 0 Å². The molecule has 1 aromatic heterocycles. The van der Waals surface area contributed by atoms with Crippen LogP contribution in [-0.2, 0) is 16.4 Å². The number of hydrogen-bond donors (Lipinski definition) is 1. The highest BCUT2D eigenvalue weighted by molar-refractivity contribution is 7.90. The summed E-state index contributed by atoms with van der Waals surface area (Å²) in [5, 5.41) is 7.37. The predicted molar refractivity (Wildman–Crippen MR) is 74.9 cm³/mol. The highest BCUT2D eigenvalue weighted by Crippen LogP contribution is 2.13. The van der Waals surface area contributed by atoms with Crippen molar-refractivity contribution in [2.24, 2.45) is 0 Å². The lowest BCUT2D eigenvalue weighted by Crippen LogP contribution is -2.07. The minimum Gasteiger partial charge on any atom is -0.385 e. The Labute approximate surface area is 113 Å². The van der Waals surface area contributed by atoms with Crippen LogP contribution < -0.4 is 5.32 Å². The Balaban J connectivity index is 1.80. The topological polar surface area (TPSA) is 64.0 Å². The Hall–Kier alpha value is -1.82. The van der Waals surface area contributed by atoms with Gasteiger partial charge in [-0.2, -0.15) is 5.10 Å². The number of hydrogen-bond acceptors (Lipinski definition) is 4. The molecule has 0 aliphatic carbocycles. The fourth-order valence-electron chi connectivity index (χ4n) is 1.73. The van der Waals surface area contributed by atoms with Crippen molar-refractivity contribution in [2.45, 2.75) is 17.9 Å². The van der Waals surface area contributed by atoms with Crippen LogP contribution in [-0.4, -0.2) is 31.0 Å². The first kappa shape index (κ1) is 13.6. The average molecular weight is 279 g/mol. The van der Waals surface area contributed by atoms with Crippen LogP contribution in [0.4, 0.5) is 5.69 Å². The summed E-state index contributed by atoms with van der Waals surface area (Å²) in [7, 11) is -3.11. The van der Waals surface area contributed by atoms with Gasteiger partial charge in [0, 0.05) is 37.4 Å². The van der Waals surface area contributed by atoms with E-state index < -0.39 is 9.84 Å². The summed E-state index contributed by atoms with van der Waals surface area (Å²) in [5.41, 5.74) is 0.924. The largest absolute Gasteiger partial charge is 0.385 e. The Morgan fingerprint density at radius 3 is 2.58 bits per heavy atom. The molecular formula is C13H17N3O2S. The lowest BCUT2D eigenvalue weighted by atomic mass is 10.3. The van der Waals surface area contributed by atoms with E-state index in [2.05, 4.69) is 10.4 Å². The molecule has 0 aliphatic heterocycles. The van der Waals surface area contributed by atoms with Gasteiger partial charge in [-0.25, -0.2) is 8.42 Å². The number of rotatable bonds is 6. The fourth-order valence-corrected chi connectivity index (χ4v) is 2.36. The minimum atomic E-state index is -3.11. The number of aryl methyl sites for hydroxylation is 1. The van der Waals surface area contributed by atoms with Crippen molar-refractivity contribution in [1.82, 2.24) is 9.78 Å². The molecule has 1 aromatic carbocycles. The summed E-state index contributed by atoms with van der Waals surface area (Å²) in [6, 6.07) is 8.70. The third-order valence-electron chi connectivity index (χ3n) is 2.73. The van der Waals surface area contributed by atoms with Gasteiger partial charge in [0.1, 0.15) is 0 Å². The van der Waals surface area contributed by atoms with E-state index in [0.29, 0.717) is 4.90 Å². The van der Waals surface area contributed by atoms with Crippen LogP contribution >= 0.6 is 0 Å². The first-order valence-corrected chi connectivity index (χ1v) is 7.96. The van der Waals surface area contributed by atoms with Crippen LogP contribution in [0.2, 0.25) is 0 Å². The van der Waals surface area contributed by atoms with Crippen LogP contribution in [0, 0.1) is 0 Å². The molecule has 1 N–H and O–H groups in total. The van der Waals surface area contributed by atoms with Gasteiger partial charge in [-0.05, 0) is 36.8 Å². The van der Waals surface area contributed by atoms with Gasteiger partial charge in [-0.1, -0.05) is 0 Å². The normalized spacial score (nSPS) is 11.4. The highest BCUT2D eigenvalue weighted by atomic mass is 32.2. The van der Waals surface area contributed by atoms with Crippen molar-refractivity contribution in [1.29, 1.82) is 0 Å². The molecule has 0 unspecified atom stereocenters. The third-order valence-corrected chi connectivity index (χ3v) is 3.86. The van der Waals surface area contributed by atoms with E-state index in [-0.39, 0.29) is 0 Å². The number of nitrogens with zero attached hydrogens (tertiary/aromatic N) is 2. The summed E-state index contributed by atoms with van der Waals surface area (Å²) in [6.07, 6.45) is 5.85. The van der Waals surface area contributed by atoms with Crippen molar-refractivity contribution in [3.63, 3.8) is 0 Å². The van der Waals surface area contributed by atoms with Crippen LogP contribution in [0.3, 0.4) is 0 Å². The van der Waals surface area contributed by atoms with Crippen molar-refractivity contribution < 1.29 is 8.42 Å². The van der Waals surface area contributed by atoms with Crippen LogP contribution in [0.5, 0.6) is 0 Å². The van der Waals surface area contributed by atoms with Crippen molar-refractivity contribution in [3.05, 3.63) is 42.7 Å². The van der Waals surface area contributed by atoms with Gasteiger partial charge >= 0.3 is 0 Å². The molecule has 0 saturated carbocycles. The number of sulfone groups is 1. The highest BCUT2D eigenvalue weighted by Gasteiger charge is 2.05. The first-order chi connectivity index (χ1) is 9.05. The first-order valence-electron chi connectivity index (χ1n) is 6.07. The summed E-state index contributed by atoms with van der Waals surface area (Å²) >= 11 is 0. The Bertz CT molecular complexity index is 604. The zero-order valence-corrected chi connectivity index (χ0v) is 11.6. The molecule has 0 bridgehead atoms.